The summed E-state index contributed by atoms with van der Waals surface area (Å²) in [6.45, 7) is 4.70. The molecule has 1 aliphatic carbocycles. The summed E-state index contributed by atoms with van der Waals surface area (Å²) in [5.41, 5.74) is 15.2. The maximum absolute atomic E-state index is 6.36. The fourth-order valence-electron chi connectivity index (χ4n) is 9.63. The van der Waals surface area contributed by atoms with E-state index in [1.165, 1.54) is 64.3 Å². The number of hydrogen-bond donors (Lipinski definition) is 0. The molecule has 9 aromatic carbocycles. The van der Waals surface area contributed by atoms with Crippen LogP contribution in [-0.2, 0) is 5.41 Å². The van der Waals surface area contributed by atoms with Crippen LogP contribution in [0.4, 0.5) is 17.1 Å². The molecule has 11 aromatic rings. The van der Waals surface area contributed by atoms with Crippen molar-refractivity contribution in [3.63, 3.8) is 0 Å². The van der Waals surface area contributed by atoms with Crippen molar-refractivity contribution in [3.8, 4) is 33.4 Å². The summed E-state index contributed by atoms with van der Waals surface area (Å²) in [4.78, 5) is 2.49. The van der Waals surface area contributed by atoms with E-state index in [0.717, 1.165) is 50.1 Å². The number of benzene rings is 9. The number of anilines is 3. The zero-order valence-electron chi connectivity index (χ0n) is 32.2. The molecule has 1 aliphatic rings. The highest BCUT2D eigenvalue weighted by Gasteiger charge is 2.35. The molecule has 58 heavy (non-hydrogen) atoms. The number of fused-ring (bicyclic) bond motifs is 11. The van der Waals surface area contributed by atoms with E-state index >= 15 is 0 Å². The summed E-state index contributed by atoms with van der Waals surface area (Å²) in [6, 6.07) is 69.0. The van der Waals surface area contributed by atoms with E-state index in [9.17, 15) is 0 Å². The zero-order valence-corrected chi connectivity index (χ0v) is 33.0. The Morgan fingerprint density at radius 3 is 2.00 bits per heavy atom. The molecule has 0 saturated carbocycles. The molecule has 2 nitrogen and oxygen atoms in total. The first-order valence-electron chi connectivity index (χ1n) is 20.0. The molecule has 12 rings (SSSR count). The number of hydrogen-bond acceptors (Lipinski definition) is 3. The molecular weight excluding hydrogens is 723 g/mol. The number of nitrogens with zero attached hydrogens (tertiary/aromatic N) is 1. The highest BCUT2D eigenvalue weighted by molar-refractivity contribution is 7.27. The molecule has 0 radical (unpaired) electrons. The van der Waals surface area contributed by atoms with Gasteiger partial charge in [-0.05, 0) is 98.2 Å². The SMILES string of the molecule is CC1(C)c2ccccc2-c2cc(-c3ccccc3N(c3cccc(-c4ccc5c(c4)oc4ccccc45)c3)c3cccc4c3sc3c5ccccc5ccc43)ccc21. The Morgan fingerprint density at radius 1 is 0.414 bits per heavy atom. The maximum Gasteiger partial charge on any atom is 0.136 e. The summed E-state index contributed by atoms with van der Waals surface area (Å²) in [5, 5.41) is 7.40. The van der Waals surface area contributed by atoms with Crippen LogP contribution in [0.2, 0.25) is 0 Å². The van der Waals surface area contributed by atoms with E-state index in [-0.39, 0.29) is 5.41 Å². The fraction of sp³-hybridized carbons (Fsp3) is 0.0545. The van der Waals surface area contributed by atoms with Crippen molar-refractivity contribution >= 4 is 81.3 Å². The largest absolute Gasteiger partial charge is 0.456 e. The average molecular weight is 760 g/mol. The van der Waals surface area contributed by atoms with Gasteiger partial charge in [0.15, 0.2) is 0 Å². The van der Waals surface area contributed by atoms with E-state index in [2.05, 4.69) is 195 Å². The van der Waals surface area contributed by atoms with Crippen LogP contribution >= 0.6 is 11.3 Å². The van der Waals surface area contributed by atoms with Gasteiger partial charge in [0, 0.05) is 42.9 Å². The normalized spacial score (nSPS) is 13.1. The van der Waals surface area contributed by atoms with E-state index in [1.54, 1.807) is 0 Å². The Hall–Kier alpha value is -6.94. The Kier molecular flexibility index (Phi) is 7.18. The van der Waals surface area contributed by atoms with Crippen LogP contribution in [0.25, 0.3) is 86.3 Å². The third-order valence-corrected chi connectivity index (χ3v) is 13.7. The van der Waals surface area contributed by atoms with Gasteiger partial charge in [0.25, 0.3) is 0 Å². The topological polar surface area (TPSA) is 16.4 Å². The van der Waals surface area contributed by atoms with E-state index in [4.69, 9.17) is 4.42 Å². The zero-order chi connectivity index (χ0) is 38.5. The lowest BCUT2D eigenvalue weighted by molar-refractivity contribution is 0.660. The van der Waals surface area contributed by atoms with Gasteiger partial charge in [-0.2, -0.15) is 0 Å². The molecule has 0 atom stereocenters. The molecule has 0 aliphatic heterocycles. The van der Waals surface area contributed by atoms with Crippen LogP contribution < -0.4 is 4.90 Å². The van der Waals surface area contributed by atoms with Crippen LogP contribution in [0, 0.1) is 0 Å². The minimum Gasteiger partial charge on any atom is -0.456 e. The first-order valence-corrected chi connectivity index (χ1v) is 20.8. The lowest BCUT2D eigenvalue weighted by atomic mass is 9.82. The number of thiophene rings is 1. The quantitative estimate of drug-likeness (QED) is 0.174. The van der Waals surface area contributed by atoms with Crippen LogP contribution in [0.15, 0.2) is 192 Å². The third-order valence-electron chi connectivity index (χ3n) is 12.5. The Balaban J connectivity index is 1.09. The molecule has 0 fully saturated rings. The van der Waals surface area contributed by atoms with Crippen LogP contribution in [0.1, 0.15) is 25.0 Å². The summed E-state index contributed by atoms with van der Waals surface area (Å²) in [7, 11) is 0. The van der Waals surface area contributed by atoms with Gasteiger partial charge < -0.3 is 9.32 Å². The Morgan fingerprint density at radius 2 is 1.07 bits per heavy atom. The van der Waals surface area contributed by atoms with E-state index in [1.807, 2.05) is 23.5 Å². The first-order chi connectivity index (χ1) is 28.5. The molecule has 0 bridgehead atoms. The van der Waals surface area contributed by atoms with E-state index < -0.39 is 0 Å². The highest BCUT2D eigenvalue weighted by atomic mass is 32.1. The van der Waals surface area contributed by atoms with E-state index in [0.29, 0.717) is 0 Å². The summed E-state index contributed by atoms with van der Waals surface area (Å²) < 4.78 is 8.95. The molecular formula is C55H37NOS. The van der Waals surface area contributed by atoms with Gasteiger partial charge >= 0.3 is 0 Å². The predicted molar refractivity (Wildman–Crippen MR) is 247 cm³/mol. The minimum atomic E-state index is -0.0527. The molecule has 0 spiro atoms. The number of furan rings is 1. The van der Waals surface area contributed by atoms with Crippen LogP contribution in [-0.4, -0.2) is 0 Å². The van der Waals surface area contributed by atoms with Crippen molar-refractivity contribution in [2.45, 2.75) is 19.3 Å². The second kappa shape index (κ2) is 12.5. The summed E-state index contributed by atoms with van der Waals surface area (Å²) in [5.74, 6) is 0. The van der Waals surface area contributed by atoms with Crippen molar-refractivity contribution in [2.24, 2.45) is 0 Å². The van der Waals surface area contributed by atoms with Crippen molar-refractivity contribution in [3.05, 3.63) is 199 Å². The van der Waals surface area contributed by atoms with Gasteiger partial charge in [-0.25, -0.2) is 0 Å². The van der Waals surface area contributed by atoms with Crippen molar-refractivity contribution in [2.75, 3.05) is 4.90 Å². The van der Waals surface area contributed by atoms with Gasteiger partial charge in [0.2, 0.25) is 0 Å². The second-order valence-corrected chi connectivity index (χ2v) is 17.1. The van der Waals surface area contributed by atoms with Gasteiger partial charge in [-0.3, -0.25) is 0 Å². The van der Waals surface area contributed by atoms with Crippen molar-refractivity contribution in [1.29, 1.82) is 0 Å². The van der Waals surface area contributed by atoms with Crippen LogP contribution in [0.5, 0.6) is 0 Å². The van der Waals surface area contributed by atoms with Gasteiger partial charge in [-0.1, -0.05) is 153 Å². The van der Waals surface area contributed by atoms with Gasteiger partial charge in [0.1, 0.15) is 11.2 Å². The van der Waals surface area contributed by atoms with Crippen molar-refractivity contribution in [1.82, 2.24) is 0 Å². The lowest BCUT2D eigenvalue weighted by Gasteiger charge is -2.29. The molecule has 2 heterocycles. The monoisotopic (exact) mass is 759 g/mol. The smallest absolute Gasteiger partial charge is 0.136 e. The van der Waals surface area contributed by atoms with Gasteiger partial charge in [0.05, 0.1) is 16.1 Å². The second-order valence-electron chi connectivity index (χ2n) is 16.1. The summed E-state index contributed by atoms with van der Waals surface area (Å²) >= 11 is 1.90. The predicted octanol–water partition coefficient (Wildman–Crippen LogP) is 16.2. The standard InChI is InChI=1S/C55H37NOS/c1-55(2)47-21-8-5-18-41(47)46-32-37(27-30-48(46)55)39-16-6-9-22-49(39)56(50-23-12-20-44-45-29-25-34-13-3-4-17-40(34)53(45)58-54(44)50)38-15-11-14-35(31-38)36-26-28-43-42-19-7-10-24-51(42)57-52(43)33-36/h3-33H,1-2H3. The minimum absolute atomic E-state index is 0.0527. The first kappa shape index (κ1) is 33.2. The maximum atomic E-state index is 6.36. The lowest BCUT2D eigenvalue weighted by Crippen LogP contribution is -2.14. The highest BCUT2D eigenvalue weighted by Crippen LogP contribution is 2.52. The molecule has 0 amide bonds. The Bertz CT molecular complexity index is 3460. The third kappa shape index (κ3) is 4.90. The fourth-order valence-corrected chi connectivity index (χ4v) is 11.0. The van der Waals surface area contributed by atoms with Crippen molar-refractivity contribution < 1.29 is 4.42 Å². The molecule has 274 valence electrons. The molecule has 0 N–H and O–H groups in total. The molecule has 0 unspecified atom stereocenters. The number of rotatable bonds is 5. The Labute approximate surface area is 340 Å². The summed E-state index contributed by atoms with van der Waals surface area (Å²) in [6.07, 6.45) is 0. The van der Waals surface area contributed by atoms with Crippen LogP contribution in [0.3, 0.4) is 0 Å². The molecule has 0 saturated heterocycles. The average Bonchev–Trinajstić information content (AvgIpc) is 3.92. The van der Waals surface area contributed by atoms with Gasteiger partial charge in [-0.15, -0.1) is 11.3 Å². The number of para-hydroxylation sites is 2. The molecule has 2 aromatic heterocycles. The molecule has 3 heteroatoms.